The van der Waals surface area contributed by atoms with Crippen molar-refractivity contribution in [3.05, 3.63) is 0 Å². The average molecular weight is 276 g/mol. The van der Waals surface area contributed by atoms with Gasteiger partial charge in [-0.1, -0.05) is 0 Å². The fraction of sp³-hybridized carbons (Fsp3) is 0.909. The lowest BCUT2D eigenvalue weighted by Crippen LogP contribution is -2.45. The van der Waals surface area contributed by atoms with Crippen LogP contribution in [0, 0.1) is 0 Å². The summed E-state index contributed by atoms with van der Waals surface area (Å²) in [6.07, 6.45) is 0. The Morgan fingerprint density at radius 1 is 1.33 bits per heavy atom. The fourth-order valence-corrected chi connectivity index (χ4v) is 2.99. The highest BCUT2D eigenvalue weighted by Gasteiger charge is 2.20. The van der Waals surface area contributed by atoms with E-state index in [0.717, 1.165) is 6.54 Å². The summed E-state index contributed by atoms with van der Waals surface area (Å²) in [5, 5.41) is 3.08. The first-order valence-electron chi connectivity index (χ1n) is 6.19. The van der Waals surface area contributed by atoms with Crippen LogP contribution in [0.4, 0.5) is 0 Å². The summed E-state index contributed by atoms with van der Waals surface area (Å²) in [6, 6.07) is 0. The van der Waals surface area contributed by atoms with E-state index >= 15 is 0 Å². The molecule has 106 valence electrons. The molecular weight excluding hydrogens is 252 g/mol. The van der Waals surface area contributed by atoms with Gasteiger partial charge in [-0.25, -0.2) is 8.42 Å². The molecule has 0 spiro atoms. The van der Waals surface area contributed by atoms with Gasteiger partial charge in [-0.15, -0.1) is 0 Å². The highest BCUT2D eigenvalue weighted by atomic mass is 32.2. The number of hydrogen-bond acceptors (Lipinski definition) is 4. The van der Waals surface area contributed by atoms with Crippen LogP contribution < -0.4 is 11.1 Å². The lowest BCUT2D eigenvalue weighted by atomic mass is 10.1. The molecule has 0 amide bonds. The van der Waals surface area contributed by atoms with Gasteiger partial charge in [-0.2, -0.15) is 0 Å². The Bertz CT molecular complexity index is 384. The average Bonchev–Trinajstić information content (AvgIpc) is 2.18. The molecule has 1 aliphatic rings. The molecule has 0 saturated carbocycles. The minimum Gasteiger partial charge on any atom is -0.370 e. The van der Waals surface area contributed by atoms with Crippen LogP contribution in [0.15, 0.2) is 4.99 Å². The number of guanidine groups is 1. The molecule has 3 N–H and O–H groups in total. The molecule has 0 aromatic rings. The van der Waals surface area contributed by atoms with Crippen LogP contribution in [-0.4, -0.2) is 62.5 Å². The lowest BCUT2D eigenvalue weighted by Gasteiger charge is -2.26. The lowest BCUT2D eigenvalue weighted by molar-refractivity contribution is 0.304. The third kappa shape index (κ3) is 6.20. The molecule has 1 saturated heterocycles. The SMILES string of the molecule is CC(C)(C)NC(N)=NCCN1CCS(=O)(=O)CC1. The van der Waals surface area contributed by atoms with Crippen molar-refractivity contribution < 1.29 is 8.42 Å². The molecule has 1 aliphatic heterocycles. The summed E-state index contributed by atoms with van der Waals surface area (Å²) in [6.45, 7) is 8.60. The second-order valence-electron chi connectivity index (χ2n) is 5.64. The van der Waals surface area contributed by atoms with E-state index in [1.165, 1.54) is 0 Å². The molecule has 0 bridgehead atoms. The maximum Gasteiger partial charge on any atom is 0.189 e. The Morgan fingerprint density at radius 2 is 1.89 bits per heavy atom. The van der Waals surface area contributed by atoms with Gasteiger partial charge < -0.3 is 11.1 Å². The molecule has 0 aliphatic carbocycles. The van der Waals surface area contributed by atoms with Gasteiger partial charge in [-0.3, -0.25) is 9.89 Å². The second-order valence-corrected chi connectivity index (χ2v) is 7.94. The third-order valence-corrected chi connectivity index (χ3v) is 4.25. The second kappa shape index (κ2) is 5.88. The van der Waals surface area contributed by atoms with Crippen LogP contribution in [-0.2, 0) is 9.84 Å². The molecule has 1 fully saturated rings. The zero-order valence-corrected chi connectivity index (χ0v) is 12.3. The van der Waals surface area contributed by atoms with Crippen molar-refractivity contribution in [2.75, 3.05) is 37.7 Å². The number of nitrogens with one attached hydrogen (secondary N) is 1. The van der Waals surface area contributed by atoms with Gasteiger partial charge >= 0.3 is 0 Å². The summed E-state index contributed by atoms with van der Waals surface area (Å²) >= 11 is 0. The number of sulfone groups is 1. The Kier molecular flexibility index (Phi) is 4.98. The first-order chi connectivity index (χ1) is 8.18. The highest BCUT2D eigenvalue weighted by Crippen LogP contribution is 2.03. The fourth-order valence-electron chi connectivity index (χ4n) is 1.71. The number of nitrogens with two attached hydrogens (primary N) is 1. The van der Waals surface area contributed by atoms with Gasteiger partial charge in [0, 0.05) is 25.2 Å². The number of aliphatic imine (C=N–C) groups is 1. The molecule has 1 heterocycles. The third-order valence-electron chi connectivity index (χ3n) is 2.64. The van der Waals surface area contributed by atoms with E-state index in [-0.39, 0.29) is 17.0 Å². The molecule has 1 rings (SSSR count). The number of nitrogens with zero attached hydrogens (tertiary/aromatic N) is 2. The Hall–Kier alpha value is -0.820. The van der Waals surface area contributed by atoms with Crippen LogP contribution >= 0.6 is 0 Å². The van der Waals surface area contributed by atoms with Crippen LogP contribution in [0.3, 0.4) is 0 Å². The number of hydrogen-bond donors (Lipinski definition) is 2. The standard InChI is InChI=1S/C11H24N4O2S/c1-11(2,3)14-10(12)13-4-5-15-6-8-18(16,17)9-7-15/h4-9H2,1-3H3,(H3,12,13,14). The molecular formula is C11H24N4O2S. The topological polar surface area (TPSA) is 87.8 Å². The van der Waals surface area contributed by atoms with Crippen LogP contribution in [0.25, 0.3) is 0 Å². The molecule has 7 heteroatoms. The van der Waals surface area contributed by atoms with Crippen LogP contribution in [0.5, 0.6) is 0 Å². The van der Waals surface area contributed by atoms with Crippen molar-refractivity contribution in [2.45, 2.75) is 26.3 Å². The van der Waals surface area contributed by atoms with Gasteiger partial charge in [-0.05, 0) is 20.8 Å². The minimum atomic E-state index is -2.80. The summed E-state index contributed by atoms with van der Waals surface area (Å²) < 4.78 is 22.5. The van der Waals surface area contributed by atoms with E-state index in [2.05, 4.69) is 15.2 Å². The zero-order valence-electron chi connectivity index (χ0n) is 11.4. The highest BCUT2D eigenvalue weighted by molar-refractivity contribution is 7.91. The first-order valence-corrected chi connectivity index (χ1v) is 8.01. The predicted molar refractivity (Wildman–Crippen MR) is 74.5 cm³/mol. The van der Waals surface area contributed by atoms with Crippen molar-refractivity contribution in [3.63, 3.8) is 0 Å². The van der Waals surface area contributed by atoms with Gasteiger partial charge in [0.25, 0.3) is 0 Å². The first kappa shape index (κ1) is 15.2. The van der Waals surface area contributed by atoms with Crippen molar-refractivity contribution >= 4 is 15.8 Å². The summed E-state index contributed by atoms with van der Waals surface area (Å²) in [7, 11) is -2.80. The van der Waals surface area contributed by atoms with Gasteiger partial charge in [0.15, 0.2) is 15.8 Å². The van der Waals surface area contributed by atoms with E-state index in [4.69, 9.17) is 5.73 Å². The molecule has 0 aromatic carbocycles. The maximum absolute atomic E-state index is 11.3. The van der Waals surface area contributed by atoms with E-state index in [0.29, 0.717) is 25.6 Å². The normalized spacial score (nSPS) is 21.8. The molecule has 18 heavy (non-hydrogen) atoms. The van der Waals surface area contributed by atoms with E-state index < -0.39 is 9.84 Å². The molecule has 0 radical (unpaired) electrons. The summed E-state index contributed by atoms with van der Waals surface area (Å²) in [5.41, 5.74) is 5.65. The largest absolute Gasteiger partial charge is 0.370 e. The van der Waals surface area contributed by atoms with Gasteiger partial charge in [0.1, 0.15) is 0 Å². The van der Waals surface area contributed by atoms with E-state index in [1.54, 1.807) is 0 Å². The molecule has 6 nitrogen and oxygen atoms in total. The van der Waals surface area contributed by atoms with Crippen molar-refractivity contribution in [1.29, 1.82) is 0 Å². The van der Waals surface area contributed by atoms with Crippen molar-refractivity contribution in [2.24, 2.45) is 10.7 Å². The van der Waals surface area contributed by atoms with Gasteiger partial charge in [0.05, 0.1) is 18.1 Å². The zero-order chi connectivity index (χ0) is 13.8. The molecule has 0 aromatic heterocycles. The van der Waals surface area contributed by atoms with Gasteiger partial charge in [0.2, 0.25) is 0 Å². The summed E-state index contributed by atoms with van der Waals surface area (Å²) in [5.74, 6) is 0.950. The van der Waals surface area contributed by atoms with E-state index in [1.807, 2.05) is 20.8 Å². The van der Waals surface area contributed by atoms with E-state index in [9.17, 15) is 8.42 Å². The van der Waals surface area contributed by atoms with Crippen molar-refractivity contribution in [1.82, 2.24) is 10.2 Å². The molecule has 0 atom stereocenters. The Labute approximate surface area is 110 Å². The quantitative estimate of drug-likeness (QED) is 0.532. The van der Waals surface area contributed by atoms with Crippen molar-refractivity contribution in [3.8, 4) is 0 Å². The maximum atomic E-state index is 11.3. The van der Waals surface area contributed by atoms with Crippen LogP contribution in [0.2, 0.25) is 0 Å². The smallest absolute Gasteiger partial charge is 0.189 e. The Morgan fingerprint density at radius 3 is 2.39 bits per heavy atom. The Balaban J connectivity index is 2.28. The minimum absolute atomic E-state index is 0.0905. The molecule has 0 unspecified atom stereocenters. The monoisotopic (exact) mass is 276 g/mol. The van der Waals surface area contributed by atoms with Crippen LogP contribution in [0.1, 0.15) is 20.8 Å². The number of rotatable bonds is 3. The predicted octanol–water partition coefficient (Wildman–Crippen LogP) is -0.580. The summed E-state index contributed by atoms with van der Waals surface area (Å²) in [4.78, 5) is 6.34.